The summed E-state index contributed by atoms with van der Waals surface area (Å²) in [5.41, 5.74) is 1.72. The number of rotatable bonds is 5. The van der Waals surface area contributed by atoms with Crippen molar-refractivity contribution in [3.05, 3.63) is 54.2 Å². The number of nitrogens with zero attached hydrogens (tertiary/aromatic N) is 3. The van der Waals surface area contributed by atoms with Crippen molar-refractivity contribution in [2.75, 3.05) is 32.1 Å². The van der Waals surface area contributed by atoms with Crippen molar-refractivity contribution in [2.45, 2.75) is 18.9 Å². The van der Waals surface area contributed by atoms with Gasteiger partial charge in [0, 0.05) is 38.1 Å². The molecule has 1 saturated heterocycles. The van der Waals surface area contributed by atoms with Gasteiger partial charge in [-0.3, -0.25) is 4.79 Å². The summed E-state index contributed by atoms with van der Waals surface area (Å²) >= 11 is 0. The number of carbonyl (C=O) groups is 1. The number of hydrogen-bond acceptors (Lipinski definition) is 4. The van der Waals surface area contributed by atoms with Crippen LogP contribution >= 0.6 is 24.8 Å². The van der Waals surface area contributed by atoms with Crippen LogP contribution in [0.4, 0.5) is 11.5 Å². The van der Waals surface area contributed by atoms with Crippen LogP contribution in [0.25, 0.3) is 0 Å². The van der Waals surface area contributed by atoms with Crippen molar-refractivity contribution < 1.29 is 4.79 Å². The van der Waals surface area contributed by atoms with E-state index in [-0.39, 0.29) is 36.8 Å². The number of anilines is 2. The molecule has 1 unspecified atom stereocenters. The Morgan fingerprint density at radius 3 is 2.58 bits per heavy atom. The molecule has 0 saturated carbocycles. The van der Waals surface area contributed by atoms with Crippen LogP contribution < -0.4 is 10.2 Å². The third-order valence-electron chi connectivity index (χ3n) is 4.56. The lowest BCUT2D eigenvalue weighted by Crippen LogP contribution is -2.40. The first-order chi connectivity index (χ1) is 11.7. The fourth-order valence-corrected chi connectivity index (χ4v) is 3.21. The van der Waals surface area contributed by atoms with Crippen LogP contribution in [-0.2, 0) is 0 Å². The van der Waals surface area contributed by atoms with Gasteiger partial charge in [0.2, 0.25) is 0 Å². The lowest BCUT2D eigenvalue weighted by Gasteiger charge is -2.25. The Morgan fingerprint density at radius 1 is 1.23 bits per heavy atom. The van der Waals surface area contributed by atoms with E-state index in [0.717, 1.165) is 37.4 Å². The number of para-hydroxylation sites is 1. The minimum atomic E-state index is 0. The number of hydrogen-bond donors (Lipinski definition) is 1. The molecule has 1 N–H and O–H groups in total. The molecular weight excluding hydrogens is 371 g/mol. The molecule has 1 aromatic carbocycles. The maximum Gasteiger partial charge on any atom is 0.255 e. The molecule has 2 heterocycles. The van der Waals surface area contributed by atoms with E-state index in [1.807, 2.05) is 66.4 Å². The number of likely N-dealkylation sites (N-methyl/N-ethyl adjacent to an activating group) is 1. The molecule has 5 nitrogen and oxygen atoms in total. The van der Waals surface area contributed by atoms with Crippen molar-refractivity contribution in [1.29, 1.82) is 0 Å². The Hall–Kier alpha value is -1.82. The molecule has 2 aromatic rings. The van der Waals surface area contributed by atoms with Gasteiger partial charge in [0.05, 0.1) is 5.56 Å². The van der Waals surface area contributed by atoms with Crippen molar-refractivity contribution in [2.24, 2.45) is 0 Å². The summed E-state index contributed by atoms with van der Waals surface area (Å²) in [5, 5.41) is 3.17. The summed E-state index contributed by atoms with van der Waals surface area (Å²) in [4.78, 5) is 21.2. The molecule has 0 radical (unpaired) electrons. The van der Waals surface area contributed by atoms with Gasteiger partial charge in [0.1, 0.15) is 5.82 Å². The summed E-state index contributed by atoms with van der Waals surface area (Å²) in [6, 6.07) is 14.1. The van der Waals surface area contributed by atoms with Crippen LogP contribution in [0.15, 0.2) is 48.7 Å². The molecule has 1 amide bonds. The molecule has 1 atom stereocenters. The van der Waals surface area contributed by atoms with E-state index in [0.29, 0.717) is 5.56 Å². The fraction of sp³-hybridized carbons (Fsp3) is 0.368. The smallest absolute Gasteiger partial charge is 0.255 e. The van der Waals surface area contributed by atoms with Gasteiger partial charge < -0.3 is 15.1 Å². The highest BCUT2D eigenvalue weighted by molar-refractivity contribution is 5.94. The van der Waals surface area contributed by atoms with Crippen LogP contribution in [0, 0.1) is 0 Å². The van der Waals surface area contributed by atoms with Crippen LogP contribution in [0.1, 0.15) is 23.2 Å². The second kappa shape index (κ2) is 10.4. The van der Waals surface area contributed by atoms with Crippen molar-refractivity contribution in [3.63, 3.8) is 0 Å². The predicted octanol–water partition coefficient (Wildman–Crippen LogP) is 3.52. The van der Waals surface area contributed by atoms with Gasteiger partial charge in [-0.15, -0.1) is 24.8 Å². The van der Waals surface area contributed by atoms with Gasteiger partial charge in [-0.05, 0) is 44.2 Å². The van der Waals surface area contributed by atoms with Gasteiger partial charge in [0.25, 0.3) is 5.91 Å². The molecular formula is C19H26Cl2N4O. The Labute approximate surface area is 167 Å². The maximum atomic E-state index is 12.7. The van der Waals surface area contributed by atoms with E-state index in [9.17, 15) is 4.79 Å². The van der Waals surface area contributed by atoms with Gasteiger partial charge in [-0.2, -0.15) is 0 Å². The highest BCUT2D eigenvalue weighted by Gasteiger charge is 2.28. The van der Waals surface area contributed by atoms with Crippen molar-refractivity contribution in [1.82, 2.24) is 15.2 Å². The molecule has 1 aromatic heterocycles. The number of amides is 1. The van der Waals surface area contributed by atoms with Crippen LogP contribution in [0.2, 0.25) is 0 Å². The van der Waals surface area contributed by atoms with E-state index < -0.39 is 0 Å². The van der Waals surface area contributed by atoms with E-state index >= 15 is 0 Å². The zero-order chi connectivity index (χ0) is 16.9. The molecule has 0 bridgehead atoms. The molecule has 0 aliphatic carbocycles. The average molecular weight is 397 g/mol. The van der Waals surface area contributed by atoms with Gasteiger partial charge in [-0.1, -0.05) is 18.2 Å². The van der Waals surface area contributed by atoms with Crippen LogP contribution in [-0.4, -0.2) is 49.0 Å². The van der Waals surface area contributed by atoms with E-state index in [4.69, 9.17) is 0 Å². The van der Waals surface area contributed by atoms with Gasteiger partial charge in [0.15, 0.2) is 0 Å². The molecule has 1 fully saturated rings. The average Bonchev–Trinajstić information content (AvgIpc) is 3.10. The number of halogens is 2. The normalized spacial score (nSPS) is 15.8. The second-order valence-electron chi connectivity index (χ2n) is 6.15. The lowest BCUT2D eigenvalue weighted by atomic mass is 10.2. The SMILES string of the molecule is CNCC1CCCN1C(=O)c1ccc(N(C)c2ccccc2)nc1.Cl.Cl. The standard InChI is InChI=1S/C19H24N4O.2ClH/c1-20-14-17-9-6-12-23(17)19(24)15-10-11-18(21-13-15)22(2)16-7-4-3-5-8-16;;/h3-5,7-8,10-11,13,17,20H,6,9,12,14H2,1-2H3;2*1H. The minimum Gasteiger partial charge on any atom is -0.334 e. The highest BCUT2D eigenvalue weighted by atomic mass is 35.5. The first-order valence-electron chi connectivity index (χ1n) is 8.41. The molecule has 26 heavy (non-hydrogen) atoms. The zero-order valence-corrected chi connectivity index (χ0v) is 16.7. The Kier molecular flexibility index (Phi) is 8.85. The van der Waals surface area contributed by atoms with Gasteiger partial charge in [-0.25, -0.2) is 4.98 Å². The molecule has 7 heteroatoms. The number of likely N-dealkylation sites (tertiary alicyclic amines) is 1. The Balaban J connectivity index is 0.00000169. The molecule has 0 spiro atoms. The third-order valence-corrected chi connectivity index (χ3v) is 4.56. The molecule has 3 rings (SSSR count). The maximum absolute atomic E-state index is 12.7. The molecule has 1 aliphatic heterocycles. The summed E-state index contributed by atoms with van der Waals surface area (Å²) in [7, 11) is 3.90. The zero-order valence-electron chi connectivity index (χ0n) is 15.1. The Morgan fingerprint density at radius 2 is 1.96 bits per heavy atom. The number of aromatic nitrogens is 1. The predicted molar refractivity (Wildman–Crippen MR) is 111 cm³/mol. The minimum absolute atomic E-state index is 0. The number of benzene rings is 1. The van der Waals surface area contributed by atoms with Gasteiger partial charge >= 0.3 is 0 Å². The first-order valence-corrected chi connectivity index (χ1v) is 8.41. The molecule has 1 aliphatic rings. The van der Waals surface area contributed by atoms with Crippen molar-refractivity contribution in [3.8, 4) is 0 Å². The number of carbonyl (C=O) groups excluding carboxylic acids is 1. The van der Waals surface area contributed by atoms with Crippen LogP contribution in [0.5, 0.6) is 0 Å². The van der Waals surface area contributed by atoms with E-state index in [1.54, 1.807) is 6.20 Å². The largest absolute Gasteiger partial charge is 0.334 e. The van der Waals surface area contributed by atoms with E-state index in [2.05, 4.69) is 10.3 Å². The monoisotopic (exact) mass is 396 g/mol. The fourth-order valence-electron chi connectivity index (χ4n) is 3.21. The second-order valence-corrected chi connectivity index (χ2v) is 6.15. The van der Waals surface area contributed by atoms with Crippen LogP contribution in [0.3, 0.4) is 0 Å². The first kappa shape index (κ1) is 22.2. The third kappa shape index (κ3) is 4.87. The summed E-state index contributed by atoms with van der Waals surface area (Å²) in [6.07, 6.45) is 3.82. The molecule has 142 valence electrons. The number of nitrogens with one attached hydrogen (secondary N) is 1. The number of pyridine rings is 1. The Bertz CT molecular complexity index is 682. The van der Waals surface area contributed by atoms with E-state index in [1.165, 1.54) is 0 Å². The highest BCUT2D eigenvalue weighted by Crippen LogP contribution is 2.23. The summed E-state index contributed by atoms with van der Waals surface area (Å²) in [5.74, 6) is 0.903. The quantitative estimate of drug-likeness (QED) is 0.839. The lowest BCUT2D eigenvalue weighted by molar-refractivity contribution is 0.0736. The topological polar surface area (TPSA) is 48.5 Å². The van der Waals surface area contributed by atoms with Crippen molar-refractivity contribution >= 4 is 42.2 Å². The summed E-state index contributed by atoms with van der Waals surface area (Å²) < 4.78 is 0. The summed E-state index contributed by atoms with van der Waals surface area (Å²) in [6.45, 7) is 1.67.